The van der Waals surface area contributed by atoms with Crippen LogP contribution in [0.15, 0.2) is 0 Å². The van der Waals surface area contributed by atoms with Gasteiger partial charge < -0.3 is 15.5 Å². The summed E-state index contributed by atoms with van der Waals surface area (Å²) in [6.07, 6.45) is 8.31. The molecule has 0 spiro atoms. The number of rotatable bonds is 2. The average molecular weight is 251 g/mol. The molecule has 0 radical (unpaired) electrons. The molecule has 0 aromatic rings. The fourth-order valence-corrected chi connectivity index (χ4v) is 3.75. The van der Waals surface area contributed by atoms with E-state index in [9.17, 15) is 4.79 Å². The maximum atomic E-state index is 12.4. The second kappa shape index (κ2) is 4.72. The van der Waals surface area contributed by atoms with Crippen molar-refractivity contribution < 1.29 is 4.79 Å². The Morgan fingerprint density at radius 2 is 1.78 bits per heavy atom. The molecule has 1 saturated heterocycles. The molecule has 1 aliphatic heterocycles. The summed E-state index contributed by atoms with van der Waals surface area (Å²) in [5, 5.41) is 0. The van der Waals surface area contributed by atoms with Crippen LogP contribution < -0.4 is 5.73 Å². The van der Waals surface area contributed by atoms with Crippen molar-refractivity contribution in [1.29, 1.82) is 0 Å². The van der Waals surface area contributed by atoms with Gasteiger partial charge in [-0.1, -0.05) is 6.42 Å². The number of nitrogens with zero attached hydrogens (tertiary/aromatic N) is 2. The van der Waals surface area contributed by atoms with Gasteiger partial charge in [-0.25, -0.2) is 4.79 Å². The van der Waals surface area contributed by atoms with Crippen LogP contribution in [0.25, 0.3) is 0 Å². The smallest absolute Gasteiger partial charge is 0.320 e. The lowest BCUT2D eigenvalue weighted by molar-refractivity contribution is 0.160. The molecule has 0 bridgehead atoms. The quantitative estimate of drug-likeness (QED) is 0.813. The number of nitrogens with two attached hydrogens (primary N) is 1. The predicted octanol–water partition coefficient (Wildman–Crippen LogP) is 1.79. The fraction of sp³-hybridized carbons (Fsp3) is 0.929. The van der Waals surface area contributed by atoms with Gasteiger partial charge in [0.15, 0.2) is 0 Å². The van der Waals surface area contributed by atoms with E-state index in [1.165, 1.54) is 19.3 Å². The van der Waals surface area contributed by atoms with Crippen molar-refractivity contribution >= 4 is 6.03 Å². The van der Waals surface area contributed by atoms with Crippen LogP contribution in [0.4, 0.5) is 4.79 Å². The van der Waals surface area contributed by atoms with E-state index in [-0.39, 0.29) is 6.03 Å². The number of likely N-dealkylation sites (N-methyl/N-ethyl adjacent to an activating group) is 1. The van der Waals surface area contributed by atoms with E-state index in [0.717, 1.165) is 38.1 Å². The van der Waals surface area contributed by atoms with Crippen LogP contribution in [-0.2, 0) is 0 Å². The van der Waals surface area contributed by atoms with Gasteiger partial charge in [0.25, 0.3) is 0 Å². The zero-order chi connectivity index (χ0) is 12.7. The van der Waals surface area contributed by atoms with Gasteiger partial charge in [-0.3, -0.25) is 0 Å². The third-order valence-corrected chi connectivity index (χ3v) is 5.30. The van der Waals surface area contributed by atoms with Crippen LogP contribution in [-0.4, -0.2) is 47.5 Å². The molecule has 2 saturated carbocycles. The van der Waals surface area contributed by atoms with Crippen molar-refractivity contribution in [3.63, 3.8) is 0 Å². The molecule has 4 heteroatoms. The van der Waals surface area contributed by atoms with Gasteiger partial charge in [0, 0.05) is 25.7 Å². The van der Waals surface area contributed by atoms with Crippen LogP contribution in [0.5, 0.6) is 0 Å². The van der Waals surface area contributed by atoms with Crippen LogP contribution in [0.2, 0.25) is 0 Å². The van der Waals surface area contributed by atoms with Crippen molar-refractivity contribution in [1.82, 2.24) is 9.80 Å². The monoisotopic (exact) mass is 251 g/mol. The van der Waals surface area contributed by atoms with E-state index in [4.69, 9.17) is 5.73 Å². The van der Waals surface area contributed by atoms with E-state index >= 15 is 0 Å². The van der Waals surface area contributed by atoms with E-state index in [1.807, 2.05) is 11.9 Å². The number of carbonyl (C=O) groups is 1. The average Bonchev–Trinajstić information content (AvgIpc) is 2.57. The second-order valence-corrected chi connectivity index (χ2v) is 6.37. The standard InChI is InChI=1S/C14H25N3O/c1-16-13(10-3-2-4-10)9-17(14(16)18)12-7-5-11(15)6-8-12/h10-13H,2-9,15H2,1H3. The maximum absolute atomic E-state index is 12.4. The Morgan fingerprint density at radius 3 is 2.33 bits per heavy atom. The van der Waals surface area contributed by atoms with E-state index < -0.39 is 0 Å². The van der Waals surface area contributed by atoms with Crippen LogP contribution in [0, 0.1) is 5.92 Å². The highest BCUT2D eigenvalue weighted by atomic mass is 16.2. The first-order valence-electron chi connectivity index (χ1n) is 7.46. The summed E-state index contributed by atoms with van der Waals surface area (Å²) in [6.45, 7) is 0.958. The Kier molecular flexibility index (Phi) is 3.22. The highest BCUT2D eigenvalue weighted by molar-refractivity contribution is 5.77. The normalized spacial score (nSPS) is 38.1. The molecule has 3 rings (SSSR count). The molecule has 18 heavy (non-hydrogen) atoms. The van der Waals surface area contributed by atoms with Crippen LogP contribution in [0.1, 0.15) is 44.9 Å². The van der Waals surface area contributed by atoms with Crippen molar-refractivity contribution in [2.24, 2.45) is 11.7 Å². The molecule has 2 aliphatic carbocycles. The van der Waals surface area contributed by atoms with E-state index in [2.05, 4.69) is 4.90 Å². The Balaban J connectivity index is 1.64. The molecule has 1 unspecified atom stereocenters. The maximum Gasteiger partial charge on any atom is 0.320 e. The molecular formula is C14H25N3O. The zero-order valence-electron chi connectivity index (χ0n) is 11.3. The molecule has 3 aliphatic rings. The summed E-state index contributed by atoms with van der Waals surface area (Å²) < 4.78 is 0. The van der Waals surface area contributed by atoms with Crippen molar-refractivity contribution in [2.45, 2.75) is 63.1 Å². The summed E-state index contributed by atoms with van der Waals surface area (Å²) >= 11 is 0. The number of carbonyl (C=O) groups excluding carboxylic acids is 1. The molecule has 102 valence electrons. The fourth-order valence-electron chi connectivity index (χ4n) is 3.75. The second-order valence-electron chi connectivity index (χ2n) is 6.37. The molecule has 0 aromatic heterocycles. The Labute approximate surface area is 109 Å². The summed E-state index contributed by atoms with van der Waals surface area (Å²) in [7, 11) is 1.99. The Hall–Kier alpha value is -0.770. The SMILES string of the molecule is CN1C(=O)N(C2CCC(N)CC2)CC1C1CCC1. The third-order valence-electron chi connectivity index (χ3n) is 5.30. The third kappa shape index (κ3) is 2.00. The number of hydrogen-bond acceptors (Lipinski definition) is 2. The first-order valence-corrected chi connectivity index (χ1v) is 7.46. The largest absolute Gasteiger partial charge is 0.328 e. The van der Waals surface area contributed by atoms with Crippen molar-refractivity contribution in [2.75, 3.05) is 13.6 Å². The lowest BCUT2D eigenvalue weighted by atomic mass is 9.79. The molecule has 4 nitrogen and oxygen atoms in total. The topological polar surface area (TPSA) is 49.6 Å². The molecular weight excluding hydrogens is 226 g/mol. The van der Waals surface area contributed by atoms with E-state index in [0.29, 0.717) is 18.1 Å². The van der Waals surface area contributed by atoms with Gasteiger partial charge >= 0.3 is 6.03 Å². The summed E-state index contributed by atoms with van der Waals surface area (Å²) in [4.78, 5) is 16.5. The lowest BCUT2D eigenvalue weighted by Crippen LogP contribution is -2.42. The number of urea groups is 1. The Bertz CT molecular complexity index is 321. The van der Waals surface area contributed by atoms with Crippen LogP contribution >= 0.6 is 0 Å². The molecule has 2 amide bonds. The minimum absolute atomic E-state index is 0.257. The Morgan fingerprint density at radius 1 is 1.11 bits per heavy atom. The highest BCUT2D eigenvalue weighted by Crippen LogP contribution is 2.37. The molecule has 2 N–H and O–H groups in total. The highest BCUT2D eigenvalue weighted by Gasteiger charge is 2.43. The summed E-state index contributed by atoms with van der Waals surface area (Å²) in [5.74, 6) is 0.759. The van der Waals surface area contributed by atoms with Gasteiger partial charge in [0.2, 0.25) is 0 Å². The molecule has 1 atom stereocenters. The van der Waals surface area contributed by atoms with Gasteiger partial charge in [-0.2, -0.15) is 0 Å². The summed E-state index contributed by atoms with van der Waals surface area (Å²) in [6, 6.07) is 1.54. The van der Waals surface area contributed by atoms with Gasteiger partial charge in [0.05, 0.1) is 6.04 Å². The van der Waals surface area contributed by atoms with Gasteiger partial charge in [0.1, 0.15) is 0 Å². The minimum Gasteiger partial charge on any atom is -0.328 e. The molecule has 0 aromatic carbocycles. The van der Waals surface area contributed by atoms with E-state index in [1.54, 1.807) is 0 Å². The molecule has 1 heterocycles. The van der Waals surface area contributed by atoms with Crippen LogP contribution in [0.3, 0.4) is 0 Å². The number of amides is 2. The van der Waals surface area contributed by atoms with Gasteiger partial charge in [-0.05, 0) is 44.4 Å². The zero-order valence-corrected chi connectivity index (χ0v) is 11.3. The minimum atomic E-state index is 0.257. The molecule has 3 fully saturated rings. The first kappa shape index (κ1) is 12.3. The summed E-state index contributed by atoms with van der Waals surface area (Å²) in [5.41, 5.74) is 5.95. The van der Waals surface area contributed by atoms with Crippen molar-refractivity contribution in [3.8, 4) is 0 Å². The van der Waals surface area contributed by atoms with Gasteiger partial charge in [-0.15, -0.1) is 0 Å². The predicted molar refractivity (Wildman–Crippen MR) is 71.2 cm³/mol. The number of hydrogen-bond donors (Lipinski definition) is 1. The first-order chi connectivity index (χ1) is 8.66. The van der Waals surface area contributed by atoms with Crippen molar-refractivity contribution in [3.05, 3.63) is 0 Å². The lowest BCUT2D eigenvalue weighted by Gasteiger charge is -2.34.